The molecule has 1 aromatic carbocycles. The molecule has 2 aromatic rings. The molecule has 3 nitrogen and oxygen atoms in total. The molecule has 1 fully saturated rings. The molecule has 1 N–H and O–H groups in total. The highest BCUT2D eigenvalue weighted by Gasteiger charge is 2.27. The Morgan fingerprint density at radius 2 is 2.00 bits per heavy atom. The number of carbonyl (C=O) groups excluding carboxylic acids is 1. The summed E-state index contributed by atoms with van der Waals surface area (Å²) in [6, 6.07) is 7.07. The van der Waals surface area contributed by atoms with E-state index in [1.54, 1.807) is 19.1 Å². The van der Waals surface area contributed by atoms with Crippen molar-refractivity contribution < 1.29 is 9.18 Å². The second-order valence-corrected chi connectivity index (χ2v) is 6.66. The third kappa shape index (κ3) is 3.52. The van der Waals surface area contributed by atoms with Gasteiger partial charge in [-0.25, -0.2) is 4.39 Å². The van der Waals surface area contributed by atoms with Crippen molar-refractivity contribution in [2.24, 2.45) is 5.92 Å². The first-order valence-corrected chi connectivity index (χ1v) is 8.36. The van der Waals surface area contributed by atoms with Crippen LogP contribution in [0.4, 0.5) is 4.39 Å². The second kappa shape index (κ2) is 6.65. The average molecular weight is 314 g/mol. The van der Waals surface area contributed by atoms with Crippen molar-refractivity contribution in [3.63, 3.8) is 0 Å². The van der Waals surface area contributed by atoms with Crippen LogP contribution in [-0.2, 0) is 4.79 Å². The SMILES string of the molecule is CC(=O)N[C@H](C)C1CCC(c2ccnc3ccc(F)cc23)CC1. The fraction of sp³-hybridized carbons (Fsp3) is 0.474. The minimum Gasteiger partial charge on any atom is -0.354 e. The van der Waals surface area contributed by atoms with Crippen LogP contribution < -0.4 is 5.32 Å². The minimum atomic E-state index is -0.209. The maximum Gasteiger partial charge on any atom is 0.217 e. The van der Waals surface area contributed by atoms with Crippen LogP contribution >= 0.6 is 0 Å². The van der Waals surface area contributed by atoms with Crippen molar-refractivity contribution in [3.05, 3.63) is 41.8 Å². The first kappa shape index (κ1) is 15.9. The molecule has 0 radical (unpaired) electrons. The lowest BCUT2D eigenvalue weighted by Crippen LogP contribution is -2.38. The van der Waals surface area contributed by atoms with E-state index >= 15 is 0 Å². The summed E-state index contributed by atoms with van der Waals surface area (Å²) in [4.78, 5) is 15.5. The molecule has 1 amide bonds. The van der Waals surface area contributed by atoms with E-state index in [4.69, 9.17) is 0 Å². The van der Waals surface area contributed by atoms with Crippen molar-refractivity contribution >= 4 is 16.8 Å². The number of aromatic nitrogens is 1. The quantitative estimate of drug-likeness (QED) is 0.924. The first-order valence-electron chi connectivity index (χ1n) is 8.36. The Labute approximate surface area is 136 Å². The molecule has 1 aliphatic carbocycles. The van der Waals surface area contributed by atoms with E-state index in [0.29, 0.717) is 11.8 Å². The normalized spacial score (nSPS) is 22.7. The Hall–Kier alpha value is -1.97. The molecule has 0 bridgehead atoms. The van der Waals surface area contributed by atoms with Crippen molar-refractivity contribution in [1.82, 2.24) is 10.3 Å². The van der Waals surface area contributed by atoms with Crippen molar-refractivity contribution in [3.8, 4) is 0 Å². The van der Waals surface area contributed by atoms with E-state index in [-0.39, 0.29) is 17.8 Å². The highest BCUT2D eigenvalue weighted by Crippen LogP contribution is 2.39. The van der Waals surface area contributed by atoms with Gasteiger partial charge in [-0.15, -0.1) is 0 Å². The van der Waals surface area contributed by atoms with Gasteiger partial charge < -0.3 is 5.32 Å². The number of hydrogen-bond donors (Lipinski definition) is 1. The standard InChI is InChI=1S/C19H23FN2O/c1-12(22-13(2)23)14-3-5-15(6-4-14)17-9-10-21-19-8-7-16(20)11-18(17)19/h7-12,14-15H,3-6H2,1-2H3,(H,22,23)/t12-,14?,15?/m1/s1. The van der Waals surface area contributed by atoms with Crippen LogP contribution in [0.5, 0.6) is 0 Å². The molecule has 1 atom stereocenters. The molecule has 1 saturated carbocycles. The second-order valence-electron chi connectivity index (χ2n) is 6.66. The predicted molar refractivity (Wildman–Crippen MR) is 89.7 cm³/mol. The summed E-state index contributed by atoms with van der Waals surface area (Å²) in [5, 5.41) is 3.94. The number of nitrogens with one attached hydrogen (secondary N) is 1. The molecule has 4 heteroatoms. The topological polar surface area (TPSA) is 42.0 Å². The number of pyridine rings is 1. The number of rotatable bonds is 3. The Morgan fingerprint density at radius 3 is 2.70 bits per heavy atom. The zero-order chi connectivity index (χ0) is 16.4. The third-order valence-corrected chi connectivity index (χ3v) is 5.09. The van der Waals surface area contributed by atoms with Gasteiger partial charge in [-0.2, -0.15) is 0 Å². The third-order valence-electron chi connectivity index (χ3n) is 5.09. The van der Waals surface area contributed by atoms with Crippen LogP contribution in [0.15, 0.2) is 30.5 Å². The van der Waals surface area contributed by atoms with Gasteiger partial charge in [0.15, 0.2) is 0 Å². The summed E-state index contributed by atoms with van der Waals surface area (Å²) in [5.41, 5.74) is 2.07. The minimum absolute atomic E-state index is 0.0372. The molecular weight excluding hydrogens is 291 g/mol. The van der Waals surface area contributed by atoms with Gasteiger partial charge in [-0.05, 0) is 74.3 Å². The summed E-state index contributed by atoms with van der Waals surface area (Å²) in [5.74, 6) is 0.804. The lowest BCUT2D eigenvalue weighted by Gasteiger charge is -2.33. The van der Waals surface area contributed by atoms with Gasteiger partial charge in [0.2, 0.25) is 5.91 Å². The molecule has 23 heavy (non-hydrogen) atoms. The van der Waals surface area contributed by atoms with Gasteiger partial charge in [0, 0.05) is 24.5 Å². The summed E-state index contributed by atoms with van der Waals surface area (Å²) in [7, 11) is 0. The molecule has 1 heterocycles. The number of amides is 1. The fourth-order valence-corrected chi connectivity index (χ4v) is 3.86. The number of benzene rings is 1. The van der Waals surface area contributed by atoms with E-state index in [0.717, 1.165) is 36.6 Å². The van der Waals surface area contributed by atoms with Gasteiger partial charge >= 0.3 is 0 Å². The smallest absolute Gasteiger partial charge is 0.217 e. The zero-order valence-electron chi connectivity index (χ0n) is 13.7. The van der Waals surface area contributed by atoms with Crippen LogP contribution in [0.25, 0.3) is 10.9 Å². The van der Waals surface area contributed by atoms with Crippen LogP contribution in [0.1, 0.15) is 51.0 Å². The van der Waals surface area contributed by atoms with Crippen LogP contribution in [-0.4, -0.2) is 16.9 Å². The van der Waals surface area contributed by atoms with Crippen molar-refractivity contribution in [1.29, 1.82) is 0 Å². The molecule has 1 aromatic heterocycles. The average Bonchev–Trinajstić information content (AvgIpc) is 2.54. The number of carbonyl (C=O) groups is 1. The van der Waals surface area contributed by atoms with Crippen LogP contribution in [0.3, 0.4) is 0 Å². The van der Waals surface area contributed by atoms with E-state index in [1.807, 2.05) is 12.3 Å². The maximum absolute atomic E-state index is 13.6. The molecule has 0 spiro atoms. The summed E-state index contributed by atoms with van der Waals surface area (Å²) < 4.78 is 13.6. The predicted octanol–water partition coefficient (Wildman–Crippen LogP) is 4.17. The van der Waals surface area contributed by atoms with Gasteiger partial charge in [-0.1, -0.05) is 0 Å². The monoisotopic (exact) mass is 314 g/mol. The van der Waals surface area contributed by atoms with Crippen LogP contribution in [0.2, 0.25) is 0 Å². The number of hydrogen-bond acceptors (Lipinski definition) is 2. The van der Waals surface area contributed by atoms with E-state index < -0.39 is 0 Å². The highest BCUT2D eigenvalue weighted by molar-refractivity contribution is 5.82. The summed E-state index contributed by atoms with van der Waals surface area (Å²) >= 11 is 0. The molecular formula is C19H23FN2O. The molecule has 0 saturated heterocycles. The Morgan fingerprint density at radius 1 is 1.26 bits per heavy atom. The molecule has 1 aliphatic rings. The number of fused-ring (bicyclic) bond motifs is 1. The van der Waals surface area contributed by atoms with Gasteiger partial charge in [0.1, 0.15) is 5.82 Å². The highest BCUT2D eigenvalue weighted by atomic mass is 19.1. The zero-order valence-corrected chi connectivity index (χ0v) is 13.7. The van der Waals surface area contributed by atoms with Crippen molar-refractivity contribution in [2.45, 2.75) is 51.5 Å². The summed E-state index contributed by atoms with van der Waals surface area (Å²) in [6.45, 7) is 3.66. The number of nitrogens with zero attached hydrogens (tertiary/aromatic N) is 1. The van der Waals surface area contributed by atoms with Gasteiger partial charge in [0.05, 0.1) is 5.52 Å². The first-order chi connectivity index (χ1) is 11.0. The maximum atomic E-state index is 13.6. The molecule has 122 valence electrons. The Bertz CT molecular complexity index is 708. The van der Waals surface area contributed by atoms with Crippen LogP contribution in [0, 0.1) is 11.7 Å². The fourth-order valence-electron chi connectivity index (χ4n) is 3.86. The largest absolute Gasteiger partial charge is 0.354 e. The van der Waals surface area contributed by atoms with E-state index in [1.165, 1.54) is 11.6 Å². The Kier molecular flexibility index (Phi) is 4.60. The van der Waals surface area contributed by atoms with Gasteiger partial charge in [0.25, 0.3) is 0 Å². The van der Waals surface area contributed by atoms with Crippen molar-refractivity contribution in [2.75, 3.05) is 0 Å². The lowest BCUT2D eigenvalue weighted by atomic mass is 9.75. The molecule has 3 rings (SSSR count). The lowest BCUT2D eigenvalue weighted by molar-refractivity contribution is -0.120. The Balaban J connectivity index is 1.75. The van der Waals surface area contributed by atoms with E-state index in [9.17, 15) is 9.18 Å². The van der Waals surface area contributed by atoms with Gasteiger partial charge in [-0.3, -0.25) is 9.78 Å². The number of halogens is 1. The molecule has 0 unspecified atom stereocenters. The summed E-state index contributed by atoms with van der Waals surface area (Å²) in [6.07, 6.45) is 6.15. The molecule has 0 aliphatic heterocycles. The van der Waals surface area contributed by atoms with E-state index in [2.05, 4.69) is 17.2 Å².